The van der Waals surface area contributed by atoms with E-state index in [0.29, 0.717) is 23.3 Å². The number of rotatable bonds is 3. The highest BCUT2D eigenvalue weighted by Gasteiger charge is 2.35. The first-order chi connectivity index (χ1) is 11.6. The molecule has 3 heterocycles. The number of thiophene rings is 1. The van der Waals surface area contributed by atoms with Crippen LogP contribution in [0.3, 0.4) is 0 Å². The van der Waals surface area contributed by atoms with Gasteiger partial charge in [0.25, 0.3) is 5.89 Å². The number of carbonyl (C=O) groups is 1. The van der Waals surface area contributed by atoms with Gasteiger partial charge in [-0.2, -0.15) is 4.98 Å². The molecule has 1 amide bonds. The lowest BCUT2D eigenvalue weighted by Crippen LogP contribution is -2.25. The maximum absolute atomic E-state index is 14.0. The van der Waals surface area contributed by atoms with Crippen molar-refractivity contribution in [1.29, 1.82) is 0 Å². The van der Waals surface area contributed by atoms with Crippen molar-refractivity contribution in [2.75, 3.05) is 11.4 Å². The van der Waals surface area contributed by atoms with Gasteiger partial charge in [0.05, 0.1) is 10.6 Å². The van der Waals surface area contributed by atoms with Crippen molar-refractivity contribution in [3.8, 4) is 10.8 Å². The van der Waals surface area contributed by atoms with Gasteiger partial charge in [-0.05, 0) is 29.6 Å². The topological polar surface area (TPSA) is 59.2 Å². The van der Waals surface area contributed by atoms with E-state index < -0.39 is 5.82 Å². The summed E-state index contributed by atoms with van der Waals surface area (Å²) in [7, 11) is 0. The highest BCUT2D eigenvalue weighted by Crippen LogP contribution is 2.34. The average Bonchev–Trinajstić information content (AvgIpc) is 3.28. The first-order valence-corrected chi connectivity index (χ1v) is 8.50. The van der Waals surface area contributed by atoms with E-state index in [1.165, 1.54) is 34.4 Å². The highest BCUT2D eigenvalue weighted by atomic mass is 35.5. The normalized spacial score (nSPS) is 17.7. The van der Waals surface area contributed by atoms with E-state index in [-0.39, 0.29) is 23.9 Å². The molecular weight excluding hydrogens is 353 g/mol. The summed E-state index contributed by atoms with van der Waals surface area (Å²) < 4.78 is 19.3. The van der Waals surface area contributed by atoms with Gasteiger partial charge in [-0.1, -0.05) is 22.8 Å². The van der Waals surface area contributed by atoms with Crippen LogP contribution in [0.4, 0.5) is 10.1 Å². The van der Waals surface area contributed by atoms with Crippen LogP contribution in [0.5, 0.6) is 0 Å². The lowest BCUT2D eigenvalue weighted by molar-refractivity contribution is -0.117. The molecule has 24 heavy (non-hydrogen) atoms. The summed E-state index contributed by atoms with van der Waals surface area (Å²) in [6.07, 6.45) is 0.204. The lowest BCUT2D eigenvalue weighted by atomic mass is 10.1. The van der Waals surface area contributed by atoms with Gasteiger partial charge >= 0.3 is 0 Å². The zero-order valence-corrected chi connectivity index (χ0v) is 13.9. The predicted molar refractivity (Wildman–Crippen MR) is 88.7 cm³/mol. The number of hydrogen-bond donors (Lipinski definition) is 0. The minimum Gasteiger partial charge on any atom is -0.333 e. The molecule has 1 atom stereocenters. The molecule has 0 saturated carbocycles. The number of benzene rings is 1. The fourth-order valence-electron chi connectivity index (χ4n) is 2.71. The monoisotopic (exact) mass is 363 g/mol. The third kappa shape index (κ3) is 2.70. The van der Waals surface area contributed by atoms with Crippen molar-refractivity contribution in [1.82, 2.24) is 10.1 Å². The molecule has 4 rings (SSSR count). The fraction of sp³-hybridized carbons (Fsp3) is 0.188. The summed E-state index contributed by atoms with van der Waals surface area (Å²) in [5.41, 5.74) is 0.178. The molecule has 1 unspecified atom stereocenters. The first-order valence-electron chi connectivity index (χ1n) is 7.24. The van der Waals surface area contributed by atoms with E-state index in [0.717, 1.165) is 4.88 Å². The molecule has 1 aliphatic heterocycles. The van der Waals surface area contributed by atoms with E-state index in [9.17, 15) is 9.18 Å². The zero-order valence-electron chi connectivity index (χ0n) is 12.3. The molecule has 0 aliphatic carbocycles. The summed E-state index contributed by atoms with van der Waals surface area (Å²) in [5, 5.41) is 6.27. The van der Waals surface area contributed by atoms with Crippen LogP contribution in [0, 0.1) is 5.82 Å². The first kappa shape index (κ1) is 15.3. The summed E-state index contributed by atoms with van der Waals surface area (Å²) in [6, 6.07) is 7.93. The Balaban J connectivity index is 1.59. The summed E-state index contributed by atoms with van der Waals surface area (Å²) in [4.78, 5) is 18.9. The molecule has 122 valence electrons. The lowest BCUT2D eigenvalue weighted by Gasteiger charge is -2.17. The second-order valence-electron chi connectivity index (χ2n) is 5.44. The second-order valence-corrected chi connectivity index (χ2v) is 6.82. The molecule has 0 bridgehead atoms. The Hall–Kier alpha value is -2.25. The molecule has 0 radical (unpaired) electrons. The van der Waals surface area contributed by atoms with Gasteiger partial charge in [-0.3, -0.25) is 4.79 Å². The SMILES string of the molecule is O=C1CC(c2noc(-c3cccs3)n2)CN1c1cc(Cl)ccc1F. The number of hydrogen-bond acceptors (Lipinski definition) is 5. The number of halogens is 2. The van der Waals surface area contributed by atoms with Gasteiger partial charge in [0.2, 0.25) is 5.91 Å². The maximum Gasteiger partial charge on any atom is 0.267 e. The number of anilines is 1. The summed E-state index contributed by atoms with van der Waals surface area (Å²) >= 11 is 7.41. The van der Waals surface area contributed by atoms with E-state index in [4.69, 9.17) is 16.1 Å². The summed E-state index contributed by atoms with van der Waals surface area (Å²) in [6.45, 7) is 0.291. The highest BCUT2D eigenvalue weighted by molar-refractivity contribution is 7.13. The number of amides is 1. The van der Waals surface area contributed by atoms with Crippen LogP contribution in [0.25, 0.3) is 10.8 Å². The average molecular weight is 364 g/mol. The molecule has 1 fully saturated rings. The minimum atomic E-state index is -0.485. The van der Waals surface area contributed by atoms with Gasteiger partial charge in [0, 0.05) is 23.9 Å². The van der Waals surface area contributed by atoms with E-state index >= 15 is 0 Å². The molecule has 1 aromatic carbocycles. The predicted octanol–water partition coefficient (Wildman–Crippen LogP) is 4.11. The Labute approximate surface area is 145 Å². The van der Waals surface area contributed by atoms with Crippen molar-refractivity contribution >= 4 is 34.5 Å². The third-order valence-electron chi connectivity index (χ3n) is 3.86. The van der Waals surface area contributed by atoms with Gasteiger partial charge in [0.1, 0.15) is 5.82 Å². The number of carbonyl (C=O) groups excluding carboxylic acids is 1. The Kier molecular flexibility index (Phi) is 3.82. The van der Waals surface area contributed by atoms with Crippen LogP contribution in [0.15, 0.2) is 40.2 Å². The van der Waals surface area contributed by atoms with Crippen LogP contribution >= 0.6 is 22.9 Å². The van der Waals surface area contributed by atoms with Crippen molar-refractivity contribution in [2.45, 2.75) is 12.3 Å². The molecule has 1 aliphatic rings. The van der Waals surface area contributed by atoms with Crippen LogP contribution in [-0.2, 0) is 4.79 Å². The van der Waals surface area contributed by atoms with Crippen molar-refractivity contribution < 1.29 is 13.7 Å². The van der Waals surface area contributed by atoms with Crippen LogP contribution in [0.1, 0.15) is 18.2 Å². The van der Waals surface area contributed by atoms with E-state index in [1.54, 1.807) is 0 Å². The Morgan fingerprint density at radius 3 is 3.04 bits per heavy atom. The smallest absolute Gasteiger partial charge is 0.267 e. The quantitative estimate of drug-likeness (QED) is 0.702. The molecular formula is C16H11ClFN3O2S. The Morgan fingerprint density at radius 2 is 2.25 bits per heavy atom. The minimum absolute atomic E-state index is 0.178. The van der Waals surface area contributed by atoms with Crippen LogP contribution < -0.4 is 4.90 Å². The second kappa shape index (κ2) is 5.99. The molecule has 0 spiro atoms. The van der Waals surface area contributed by atoms with Gasteiger partial charge in [0.15, 0.2) is 5.82 Å². The molecule has 3 aromatic rings. The van der Waals surface area contributed by atoms with Crippen LogP contribution in [-0.4, -0.2) is 22.6 Å². The maximum atomic E-state index is 14.0. The third-order valence-corrected chi connectivity index (χ3v) is 4.96. The van der Waals surface area contributed by atoms with Gasteiger partial charge in [-0.15, -0.1) is 11.3 Å². The van der Waals surface area contributed by atoms with Gasteiger partial charge in [-0.25, -0.2) is 4.39 Å². The molecule has 5 nitrogen and oxygen atoms in total. The number of aromatic nitrogens is 2. The molecule has 2 aromatic heterocycles. The summed E-state index contributed by atoms with van der Waals surface area (Å²) in [5.74, 6) is -0.0331. The standard InChI is InChI=1S/C16H11ClFN3O2S/c17-10-3-4-11(18)12(7-10)21-8-9(6-14(21)22)15-19-16(23-20-15)13-2-1-5-24-13/h1-5,7,9H,6,8H2. The van der Waals surface area contributed by atoms with E-state index in [2.05, 4.69) is 10.1 Å². The molecule has 0 N–H and O–H groups in total. The van der Waals surface area contributed by atoms with Crippen molar-refractivity contribution in [2.24, 2.45) is 0 Å². The van der Waals surface area contributed by atoms with E-state index in [1.807, 2.05) is 17.5 Å². The Morgan fingerprint density at radius 1 is 1.38 bits per heavy atom. The zero-order chi connectivity index (χ0) is 16.7. The van der Waals surface area contributed by atoms with Crippen molar-refractivity contribution in [3.05, 3.63) is 52.4 Å². The fourth-order valence-corrected chi connectivity index (χ4v) is 3.52. The van der Waals surface area contributed by atoms with Crippen LogP contribution in [0.2, 0.25) is 5.02 Å². The molecule has 8 heteroatoms. The molecule has 1 saturated heterocycles. The Bertz CT molecular complexity index is 897. The largest absolute Gasteiger partial charge is 0.333 e. The van der Waals surface area contributed by atoms with Gasteiger partial charge < -0.3 is 9.42 Å². The number of nitrogens with zero attached hydrogens (tertiary/aromatic N) is 3. The van der Waals surface area contributed by atoms with Crippen molar-refractivity contribution in [3.63, 3.8) is 0 Å².